The topological polar surface area (TPSA) is 77.2 Å². The summed E-state index contributed by atoms with van der Waals surface area (Å²) >= 11 is 0. The van der Waals surface area contributed by atoms with Gasteiger partial charge in [0, 0.05) is 49.3 Å². The smallest absolute Gasteiger partial charge is 0.274 e. The molecule has 1 aliphatic heterocycles. The Balaban J connectivity index is 1.45. The minimum absolute atomic E-state index is 0.0518. The molecule has 1 aliphatic rings. The van der Waals surface area contributed by atoms with E-state index in [1.54, 1.807) is 12.4 Å². The summed E-state index contributed by atoms with van der Waals surface area (Å²) in [5, 5.41) is 4.53. The summed E-state index contributed by atoms with van der Waals surface area (Å²) in [6.45, 7) is 8.07. The van der Waals surface area contributed by atoms with E-state index in [9.17, 15) is 4.79 Å². The molecule has 1 amide bonds. The minimum Gasteiger partial charge on any atom is -0.365 e. The zero-order chi connectivity index (χ0) is 19.7. The second-order valence-electron chi connectivity index (χ2n) is 7.49. The summed E-state index contributed by atoms with van der Waals surface area (Å²) in [5.41, 5.74) is 5.17. The van der Waals surface area contributed by atoms with Crippen LogP contribution in [0.25, 0.3) is 10.9 Å². The maximum atomic E-state index is 12.7. The number of nitrogens with one attached hydrogen (secondary N) is 2. The lowest BCUT2D eigenvalue weighted by molar-refractivity contribution is 0.0658. The van der Waals surface area contributed by atoms with E-state index in [-0.39, 0.29) is 5.91 Å². The van der Waals surface area contributed by atoms with Crippen molar-refractivity contribution >= 4 is 22.6 Å². The molecule has 4 rings (SSSR count). The fourth-order valence-electron chi connectivity index (χ4n) is 3.54. The Bertz CT molecular complexity index is 1000. The predicted octanol–water partition coefficient (Wildman–Crippen LogP) is 2.57. The van der Waals surface area contributed by atoms with E-state index < -0.39 is 0 Å². The van der Waals surface area contributed by atoms with Crippen molar-refractivity contribution in [2.24, 2.45) is 0 Å². The van der Waals surface area contributed by atoms with Gasteiger partial charge in [-0.3, -0.25) is 9.78 Å². The van der Waals surface area contributed by atoms with Crippen LogP contribution in [-0.2, 0) is 6.54 Å². The molecule has 1 saturated heterocycles. The number of aromatic amines is 1. The van der Waals surface area contributed by atoms with Gasteiger partial charge in [0.1, 0.15) is 11.5 Å². The molecule has 0 saturated carbocycles. The highest BCUT2D eigenvalue weighted by Crippen LogP contribution is 2.22. The number of hydrogen-bond acceptors (Lipinski definition) is 5. The highest BCUT2D eigenvalue weighted by molar-refractivity contribution is 5.92. The van der Waals surface area contributed by atoms with Crippen molar-refractivity contribution in [2.75, 3.05) is 38.5 Å². The van der Waals surface area contributed by atoms with Crippen LogP contribution in [0.5, 0.6) is 0 Å². The third kappa shape index (κ3) is 3.71. The summed E-state index contributed by atoms with van der Waals surface area (Å²) in [5.74, 6) is 0.561. The van der Waals surface area contributed by atoms with E-state index in [1.807, 2.05) is 4.90 Å². The van der Waals surface area contributed by atoms with Gasteiger partial charge in [-0.25, -0.2) is 4.98 Å². The SMILES string of the molecule is Cc1[nH]c2ccc(CNc3cncc(C(=O)N4CCN(C)CC4)n3)cc2c1C. The molecule has 7 heteroatoms. The lowest BCUT2D eigenvalue weighted by Crippen LogP contribution is -2.47. The standard InChI is InChI=1S/C21H26N6O/c1-14-15(2)24-18-5-4-16(10-17(14)18)11-23-20-13-22-12-19(25-20)21(28)27-8-6-26(3)7-9-27/h4-5,10,12-13,24H,6-9,11H2,1-3H3,(H,23,25). The number of likely N-dealkylation sites (N-methyl/N-ethyl adjacent to an activating group) is 1. The van der Waals surface area contributed by atoms with E-state index in [4.69, 9.17) is 0 Å². The van der Waals surface area contributed by atoms with Crippen LogP contribution >= 0.6 is 0 Å². The Hall–Kier alpha value is -2.93. The van der Waals surface area contributed by atoms with Gasteiger partial charge in [-0.15, -0.1) is 0 Å². The van der Waals surface area contributed by atoms with Crippen molar-refractivity contribution < 1.29 is 4.79 Å². The number of nitrogens with zero attached hydrogens (tertiary/aromatic N) is 4. The zero-order valence-corrected chi connectivity index (χ0v) is 16.6. The molecular formula is C21H26N6O. The van der Waals surface area contributed by atoms with Gasteiger partial charge in [-0.2, -0.15) is 0 Å². The van der Waals surface area contributed by atoms with Crippen LogP contribution in [0.15, 0.2) is 30.6 Å². The number of amides is 1. The second kappa shape index (κ2) is 7.59. The van der Waals surface area contributed by atoms with Gasteiger partial charge in [0.15, 0.2) is 0 Å². The number of aromatic nitrogens is 3. The molecule has 2 aromatic heterocycles. The van der Waals surface area contributed by atoms with Gasteiger partial charge >= 0.3 is 0 Å². The van der Waals surface area contributed by atoms with E-state index >= 15 is 0 Å². The van der Waals surface area contributed by atoms with Crippen LogP contribution in [-0.4, -0.2) is 63.9 Å². The molecule has 0 atom stereocenters. The first-order chi connectivity index (χ1) is 13.5. The van der Waals surface area contributed by atoms with Crippen LogP contribution in [0, 0.1) is 13.8 Å². The minimum atomic E-state index is -0.0518. The molecule has 0 spiro atoms. The fraction of sp³-hybridized carbons (Fsp3) is 0.381. The number of carbonyl (C=O) groups is 1. The number of anilines is 1. The Kier molecular flexibility index (Phi) is 5.00. The lowest BCUT2D eigenvalue weighted by Gasteiger charge is -2.32. The van der Waals surface area contributed by atoms with Crippen molar-refractivity contribution in [1.82, 2.24) is 24.8 Å². The number of piperazine rings is 1. The van der Waals surface area contributed by atoms with E-state index in [2.05, 4.69) is 64.3 Å². The van der Waals surface area contributed by atoms with E-state index in [1.165, 1.54) is 16.6 Å². The summed E-state index contributed by atoms with van der Waals surface area (Å²) < 4.78 is 0. The highest BCUT2D eigenvalue weighted by atomic mass is 16.2. The maximum absolute atomic E-state index is 12.7. The van der Waals surface area contributed by atoms with Crippen molar-refractivity contribution in [3.63, 3.8) is 0 Å². The molecule has 28 heavy (non-hydrogen) atoms. The number of H-pyrrole nitrogens is 1. The molecule has 2 N–H and O–H groups in total. The monoisotopic (exact) mass is 378 g/mol. The highest BCUT2D eigenvalue weighted by Gasteiger charge is 2.21. The summed E-state index contributed by atoms with van der Waals surface area (Å²) in [7, 11) is 2.07. The van der Waals surface area contributed by atoms with Crippen LogP contribution in [0.3, 0.4) is 0 Å². The quantitative estimate of drug-likeness (QED) is 0.730. The average molecular weight is 378 g/mol. The molecule has 7 nitrogen and oxygen atoms in total. The Morgan fingerprint density at radius 2 is 1.96 bits per heavy atom. The molecule has 1 aromatic carbocycles. The first kappa shape index (κ1) is 18.4. The normalized spacial score (nSPS) is 15.2. The Morgan fingerprint density at radius 3 is 2.75 bits per heavy atom. The molecule has 3 heterocycles. The molecule has 0 radical (unpaired) electrons. The first-order valence-corrected chi connectivity index (χ1v) is 9.63. The summed E-state index contributed by atoms with van der Waals surface area (Å²) in [6, 6.07) is 6.39. The first-order valence-electron chi connectivity index (χ1n) is 9.63. The Labute approximate surface area is 164 Å². The van der Waals surface area contributed by atoms with Gasteiger partial charge < -0.3 is 20.1 Å². The third-order valence-corrected chi connectivity index (χ3v) is 5.49. The Morgan fingerprint density at radius 1 is 1.18 bits per heavy atom. The van der Waals surface area contributed by atoms with E-state index in [0.717, 1.165) is 37.3 Å². The summed E-state index contributed by atoms with van der Waals surface area (Å²) in [4.78, 5) is 28.8. The maximum Gasteiger partial charge on any atom is 0.274 e. The van der Waals surface area contributed by atoms with Gasteiger partial charge in [-0.1, -0.05) is 6.07 Å². The van der Waals surface area contributed by atoms with E-state index in [0.29, 0.717) is 18.1 Å². The molecule has 0 bridgehead atoms. The van der Waals surface area contributed by atoms with Gasteiger partial charge in [0.25, 0.3) is 5.91 Å². The van der Waals surface area contributed by atoms with Crippen LogP contribution in [0.2, 0.25) is 0 Å². The number of carbonyl (C=O) groups excluding carboxylic acids is 1. The average Bonchev–Trinajstić information content (AvgIpc) is 3.00. The number of rotatable bonds is 4. The lowest BCUT2D eigenvalue weighted by atomic mass is 10.1. The molecule has 3 aromatic rings. The fourth-order valence-corrected chi connectivity index (χ4v) is 3.54. The van der Waals surface area contributed by atoms with Crippen LogP contribution in [0.1, 0.15) is 27.3 Å². The number of aryl methyl sites for hydroxylation is 2. The second-order valence-corrected chi connectivity index (χ2v) is 7.49. The zero-order valence-electron chi connectivity index (χ0n) is 16.6. The van der Waals surface area contributed by atoms with Crippen molar-refractivity contribution in [2.45, 2.75) is 20.4 Å². The number of benzene rings is 1. The number of fused-ring (bicyclic) bond motifs is 1. The molecular weight excluding hydrogens is 352 g/mol. The molecule has 146 valence electrons. The molecule has 0 unspecified atom stereocenters. The van der Waals surface area contributed by atoms with Gasteiger partial charge in [0.05, 0.1) is 12.4 Å². The van der Waals surface area contributed by atoms with Crippen molar-refractivity contribution in [3.05, 3.63) is 53.1 Å². The number of hydrogen-bond donors (Lipinski definition) is 2. The third-order valence-electron chi connectivity index (χ3n) is 5.49. The summed E-state index contributed by atoms with van der Waals surface area (Å²) in [6.07, 6.45) is 3.20. The molecule has 1 fully saturated rings. The van der Waals surface area contributed by atoms with Gasteiger partial charge in [-0.05, 0) is 44.2 Å². The predicted molar refractivity (Wildman–Crippen MR) is 111 cm³/mol. The van der Waals surface area contributed by atoms with Crippen LogP contribution < -0.4 is 5.32 Å². The van der Waals surface area contributed by atoms with Gasteiger partial charge in [0.2, 0.25) is 0 Å². The van der Waals surface area contributed by atoms with Crippen molar-refractivity contribution in [1.29, 1.82) is 0 Å². The van der Waals surface area contributed by atoms with Crippen molar-refractivity contribution in [3.8, 4) is 0 Å². The molecule has 0 aliphatic carbocycles. The van der Waals surface area contributed by atoms with Crippen LogP contribution in [0.4, 0.5) is 5.82 Å². The largest absolute Gasteiger partial charge is 0.365 e.